The number of anilines is 1. The molecule has 22 heavy (non-hydrogen) atoms. The number of thiophene rings is 1. The Morgan fingerprint density at radius 1 is 1.23 bits per heavy atom. The number of carbonyl (C=O) groups is 2. The first-order chi connectivity index (χ1) is 10.5. The highest BCUT2D eigenvalue weighted by atomic mass is 32.1. The van der Waals surface area contributed by atoms with Crippen LogP contribution in [0.2, 0.25) is 0 Å². The normalized spacial score (nSPS) is 14.4. The van der Waals surface area contributed by atoms with Gasteiger partial charge in [-0.15, -0.1) is 11.3 Å². The Morgan fingerprint density at radius 2 is 1.95 bits per heavy atom. The smallest absolute Gasteiger partial charge is 0.341 e. The van der Waals surface area contributed by atoms with E-state index in [1.54, 1.807) is 18.3 Å². The van der Waals surface area contributed by atoms with Gasteiger partial charge in [0.25, 0.3) is 0 Å². The van der Waals surface area contributed by atoms with Gasteiger partial charge in [-0.3, -0.25) is 4.79 Å². The highest BCUT2D eigenvalue weighted by Crippen LogP contribution is 2.38. The molecular weight excluding hydrogens is 298 g/mol. The van der Waals surface area contributed by atoms with E-state index in [9.17, 15) is 9.59 Å². The van der Waals surface area contributed by atoms with Crippen molar-refractivity contribution in [3.63, 3.8) is 0 Å². The zero-order valence-corrected chi connectivity index (χ0v) is 14.5. The van der Waals surface area contributed by atoms with Crippen LogP contribution in [0, 0.1) is 5.92 Å². The molecule has 1 aliphatic carbocycles. The number of esters is 1. The van der Waals surface area contributed by atoms with E-state index in [2.05, 4.69) is 5.32 Å². The standard InChI is InChI=1S/C17H25NO3S/c1-4-21-17(20)15-12-8-6-5-7-9-13(12)22-16(15)18-14(19)10-11(2)3/h11H,4-10H2,1-3H3,(H,18,19). The lowest BCUT2D eigenvalue weighted by Gasteiger charge is -2.09. The maximum atomic E-state index is 12.3. The predicted molar refractivity (Wildman–Crippen MR) is 89.6 cm³/mol. The van der Waals surface area contributed by atoms with Gasteiger partial charge in [0.05, 0.1) is 12.2 Å². The molecule has 0 aromatic carbocycles. The molecule has 1 N–H and O–H groups in total. The van der Waals surface area contributed by atoms with Crippen molar-refractivity contribution in [3.8, 4) is 0 Å². The fourth-order valence-electron chi connectivity index (χ4n) is 2.80. The Hall–Kier alpha value is -1.36. The summed E-state index contributed by atoms with van der Waals surface area (Å²) in [4.78, 5) is 25.7. The summed E-state index contributed by atoms with van der Waals surface area (Å²) in [5.74, 6) is -0.0393. The van der Waals surface area contributed by atoms with Crippen molar-refractivity contribution < 1.29 is 14.3 Å². The largest absolute Gasteiger partial charge is 0.462 e. The zero-order valence-electron chi connectivity index (χ0n) is 13.7. The van der Waals surface area contributed by atoms with Crippen LogP contribution in [0.4, 0.5) is 5.00 Å². The van der Waals surface area contributed by atoms with Gasteiger partial charge in [-0.05, 0) is 44.1 Å². The predicted octanol–water partition coefficient (Wildman–Crippen LogP) is 4.18. The number of ether oxygens (including phenoxy) is 1. The summed E-state index contributed by atoms with van der Waals surface area (Å²) < 4.78 is 5.21. The minimum absolute atomic E-state index is 0.0306. The molecule has 0 atom stereocenters. The van der Waals surface area contributed by atoms with Gasteiger partial charge in [0.2, 0.25) is 5.91 Å². The van der Waals surface area contributed by atoms with E-state index >= 15 is 0 Å². The summed E-state index contributed by atoms with van der Waals surface area (Å²) in [5, 5.41) is 3.61. The number of amides is 1. The molecule has 1 heterocycles. The third-order valence-corrected chi connectivity index (χ3v) is 4.95. The van der Waals surface area contributed by atoms with Crippen molar-refractivity contribution in [2.45, 2.75) is 59.3 Å². The van der Waals surface area contributed by atoms with E-state index in [1.807, 2.05) is 13.8 Å². The molecule has 122 valence electrons. The summed E-state index contributed by atoms with van der Waals surface area (Å²) in [6, 6.07) is 0. The number of rotatable bonds is 5. The minimum Gasteiger partial charge on any atom is -0.462 e. The Balaban J connectivity index is 2.31. The maximum Gasteiger partial charge on any atom is 0.341 e. The van der Waals surface area contributed by atoms with E-state index in [0.717, 1.165) is 31.2 Å². The van der Waals surface area contributed by atoms with Gasteiger partial charge in [-0.1, -0.05) is 20.3 Å². The number of carbonyl (C=O) groups excluding carboxylic acids is 2. The van der Waals surface area contributed by atoms with E-state index in [0.29, 0.717) is 29.5 Å². The molecule has 0 spiro atoms. The fourth-order valence-corrected chi connectivity index (χ4v) is 4.09. The van der Waals surface area contributed by atoms with E-state index in [-0.39, 0.29) is 11.9 Å². The van der Waals surface area contributed by atoms with Gasteiger partial charge < -0.3 is 10.1 Å². The molecule has 0 aliphatic heterocycles. The van der Waals surface area contributed by atoms with Crippen molar-refractivity contribution in [1.82, 2.24) is 0 Å². The van der Waals surface area contributed by atoms with E-state index < -0.39 is 0 Å². The Kier molecular flexibility index (Phi) is 6.00. The summed E-state index contributed by atoms with van der Waals surface area (Å²) in [6.07, 6.45) is 5.79. The first-order valence-electron chi connectivity index (χ1n) is 8.14. The SMILES string of the molecule is CCOC(=O)c1c(NC(=O)CC(C)C)sc2c1CCCCC2. The van der Waals surface area contributed by atoms with Crippen molar-refractivity contribution >= 4 is 28.2 Å². The second-order valence-corrected chi connectivity index (χ2v) is 7.24. The monoisotopic (exact) mass is 323 g/mol. The van der Waals surface area contributed by atoms with Crippen LogP contribution in [0.15, 0.2) is 0 Å². The molecule has 1 aromatic rings. The van der Waals surface area contributed by atoms with Gasteiger partial charge >= 0.3 is 5.97 Å². The van der Waals surface area contributed by atoms with Crippen LogP contribution >= 0.6 is 11.3 Å². The van der Waals surface area contributed by atoms with Crippen LogP contribution in [0.25, 0.3) is 0 Å². The Morgan fingerprint density at radius 3 is 2.64 bits per heavy atom. The van der Waals surface area contributed by atoms with Crippen molar-refractivity contribution in [3.05, 3.63) is 16.0 Å². The lowest BCUT2D eigenvalue weighted by atomic mass is 10.1. The molecule has 5 heteroatoms. The van der Waals surface area contributed by atoms with Crippen LogP contribution in [-0.4, -0.2) is 18.5 Å². The summed E-state index contributed by atoms with van der Waals surface area (Å²) in [5.41, 5.74) is 1.70. The van der Waals surface area contributed by atoms with Gasteiger partial charge in [0.1, 0.15) is 5.00 Å². The summed E-state index contributed by atoms with van der Waals surface area (Å²) >= 11 is 1.55. The molecule has 1 aromatic heterocycles. The average molecular weight is 323 g/mol. The molecule has 0 saturated carbocycles. The van der Waals surface area contributed by atoms with Gasteiger partial charge in [-0.25, -0.2) is 4.79 Å². The van der Waals surface area contributed by atoms with Gasteiger partial charge in [0, 0.05) is 11.3 Å². The molecular formula is C17H25NO3S. The van der Waals surface area contributed by atoms with E-state index in [1.165, 1.54) is 11.3 Å². The van der Waals surface area contributed by atoms with Crippen molar-refractivity contribution in [2.75, 3.05) is 11.9 Å². The number of aryl methyl sites for hydroxylation is 1. The fraction of sp³-hybridized carbons (Fsp3) is 0.647. The third-order valence-electron chi connectivity index (χ3n) is 3.75. The number of fused-ring (bicyclic) bond motifs is 1. The highest BCUT2D eigenvalue weighted by Gasteiger charge is 2.26. The molecule has 4 nitrogen and oxygen atoms in total. The third kappa shape index (κ3) is 4.09. The molecule has 0 unspecified atom stereocenters. The molecule has 1 aliphatic rings. The number of hydrogen-bond acceptors (Lipinski definition) is 4. The molecule has 0 radical (unpaired) electrons. The zero-order chi connectivity index (χ0) is 16.1. The molecule has 0 saturated heterocycles. The molecule has 2 rings (SSSR count). The summed E-state index contributed by atoms with van der Waals surface area (Å²) in [7, 11) is 0. The second kappa shape index (κ2) is 7.77. The number of nitrogens with one attached hydrogen (secondary N) is 1. The molecule has 1 amide bonds. The van der Waals surface area contributed by atoms with Crippen LogP contribution in [0.5, 0.6) is 0 Å². The quantitative estimate of drug-likeness (QED) is 0.653. The van der Waals surface area contributed by atoms with Gasteiger partial charge in [-0.2, -0.15) is 0 Å². The van der Waals surface area contributed by atoms with Crippen LogP contribution in [0.1, 0.15) is 67.3 Å². The topological polar surface area (TPSA) is 55.4 Å². The lowest BCUT2D eigenvalue weighted by Crippen LogP contribution is -2.16. The Bertz CT molecular complexity index is 548. The average Bonchev–Trinajstić information content (AvgIpc) is 2.60. The number of hydrogen-bond donors (Lipinski definition) is 1. The first-order valence-corrected chi connectivity index (χ1v) is 8.96. The second-order valence-electron chi connectivity index (χ2n) is 6.14. The first kappa shape index (κ1) is 17.0. The van der Waals surface area contributed by atoms with Gasteiger partial charge in [0.15, 0.2) is 0 Å². The van der Waals surface area contributed by atoms with Crippen molar-refractivity contribution in [1.29, 1.82) is 0 Å². The molecule has 0 bridgehead atoms. The summed E-state index contributed by atoms with van der Waals surface area (Å²) in [6.45, 7) is 6.17. The Labute approximate surface area is 136 Å². The lowest BCUT2D eigenvalue weighted by molar-refractivity contribution is -0.116. The van der Waals surface area contributed by atoms with Crippen LogP contribution < -0.4 is 5.32 Å². The van der Waals surface area contributed by atoms with Crippen LogP contribution in [0.3, 0.4) is 0 Å². The van der Waals surface area contributed by atoms with Crippen LogP contribution in [-0.2, 0) is 22.4 Å². The molecule has 0 fully saturated rings. The van der Waals surface area contributed by atoms with E-state index in [4.69, 9.17) is 4.74 Å². The minimum atomic E-state index is -0.304. The highest BCUT2D eigenvalue weighted by molar-refractivity contribution is 7.17. The van der Waals surface area contributed by atoms with Crippen molar-refractivity contribution in [2.24, 2.45) is 5.92 Å². The maximum absolute atomic E-state index is 12.3.